The van der Waals surface area contributed by atoms with Crippen LogP contribution >= 0.6 is 24.0 Å². The zero-order valence-corrected chi connectivity index (χ0v) is 18.4. The molecule has 1 aromatic rings. The maximum absolute atomic E-state index is 11.8. The molecule has 1 atom stereocenters. The molecule has 1 amide bonds. The molecule has 2 aliphatic rings. The summed E-state index contributed by atoms with van der Waals surface area (Å²) < 4.78 is 0. The number of amides is 1. The average molecular weight is 470 g/mol. The van der Waals surface area contributed by atoms with E-state index >= 15 is 0 Å². The van der Waals surface area contributed by atoms with E-state index in [4.69, 9.17) is 0 Å². The van der Waals surface area contributed by atoms with Crippen molar-refractivity contribution in [1.82, 2.24) is 15.5 Å². The first kappa shape index (κ1) is 21.0. The SMILES string of the molecule is CC(NC(=NCC(=O)N(C)C)NC1CC1)c1ccc2c(c1)CCCC2.I. The standard InChI is InChI=1S/C20H30N4O.HI/c1-14(16-9-8-15-6-4-5-7-17(15)12-16)22-20(23-18-10-11-18)21-13-19(25)24(2)3;/h8-9,12,14,18H,4-7,10-11,13H2,1-3H3,(H2,21,22,23);1H. The number of halogens is 1. The lowest BCUT2D eigenvalue weighted by Gasteiger charge is -2.22. The summed E-state index contributed by atoms with van der Waals surface area (Å²) in [4.78, 5) is 17.9. The summed E-state index contributed by atoms with van der Waals surface area (Å²) in [7, 11) is 3.52. The van der Waals surface area contributed by atoms with Crippen LogP contribution in [-0.4, -0.2) is 43.4 Å². The first-order valence-electron chi connectivity index (χ1n) is 9.42. The van der Waals surface area contributed by atoms with Crippen molar-refractivity contribution in [3.05, 3.63) is 34.9 Å². The van der Waals surface area contributed by atoms with Crippen molar-refractivity contribution in [2.75, 3.05) is 20.6 Å². The van der Waals surface area contributed by atoms with Crippen molar-refractivity contribution in [1.29, 1.82) is 0 Å². The normalized spacial score (nSPS) is 17.6. The number of likely N-dealkylation sites (N-methyl/N-ethyl adjacent to an activating group) is 1. The molecule has 144 valence electrons. The second-order valence-corrected chi connectivity index (χ2v) is 7.47. The topological polar surface area (TPSA) is 56.7 Å². The number of aryl methyl sites for hydroxylation is 2. The number of fused-ring (bicyclic) bond motifs is 1. The van der Waals surface area contributed by atoms with Crippen molar-refractivity contribution in [3.63, 3.8) is 0 Å². The monoisotopic (exact) mass is 470 g/mol. The Bertz CT molecular complexity index is 655. The summed E-state index contributed by atoms with van der Waals surface area (Å²) >= 11 is 0. The Balaban J connectivity index is 0.00000243. The van der Waals surface area contributed by atoms with Crippen molar-refractivity contribution in [3.8, 4) is 0 Å². The number of nitrogens with one attached hydrogen (secondary N) is 2. The summed E-state index contributed by atoms with van der Waals surface area (Å²) in [5.41, 5.74) is 4.28. The van der Waals surface area contributed by atoms with Gasteiger partial charge in [0, 0.05) is 20.1 Å². The zero-order chi connectivity index (χ0) is 17.8. The van der Waals surface area contributed by atoms with E-state index in [0.717, 1.165) is 5.96 Å². The summed E-state index contributed by atoms with van der Waals surface area (Å²) in [6.45, 7) is 2.33. The van der Waals surface area contributed by atoms with Crippen LogP contribution in [0, 0.1) is 0 Å². The second kappa shape index (κ2) is 9.58. The minimum atomic E-state index is 0. The van der Waals surface area contributed by atoms with Crippen LogP contribution in [0.3, 0.4) is 0 Å². The predicted molar refractivity (Wildman–Crippen MR) is 117 cm³/mol. The molecule has 0 heterocycles. The van der Waals surface area contributed by atoms with E-state index in [1.807, 2.05) is 0 Å². The van der Waals surface area contributed by atoms with Gasteiger partial charge in [-0.2, -0.15) is 0 Å². The number of hydrogen-bond donors (Lipinski definition) is 2. The quantitative estimate of drug-likeness (QED) is 0.395. The summed E-state index contributed by atoms with van der Waals surface area (Å²) in [6, 6.07) is 7.50. The largest absolute Gasteiger partial charge is 0.354 e. The number of hydrogen-bond acceptors (Lipinski definition) is 2. The minimum Gasteiger partial charge on any atom is -0.354 e. The molecule has 0 aliphatic heterocycles. The number of nitrogens with zero attached hydrogens (tertiary/aromatic N) is 2. The Morgan fingerprint density at radius 2 is 1.92 bits per heavy atom. The number of carbonyl (C=O) groups excluding carboxylic acids is 1. The first-order chi connectivity index (χ1) is 12.0. The molecule has 0 saturated heterocycles. The average Bonchev–Trinajstić information content (AvgIpc) is 3.42. The van der Waals surface area contributed by atoms with Gasteiger partial charge in [-0.25, -0.2) is 4.99 Å². The fraction of sp³-hybridized carbons (Fsp3) is 0.600. The van der Waals surface area contributed by atoms with Crippen molar-refractivity contribution in [2.45, 2.75) is 57.5 Å². The molecular weight excluding hydrogens is 439 g/mol. The van der Waals surface area contributed by atoms with Crippen LogP contribution in [-0.2, 0) is 17.6 Å². The van der Waals surface area contributed by atoms with E-state index in [0.29, 0.717) is 6.04 Å². The smallest absolute Gasteiger partial charge is 0.243 e. The lowest BCUT2D eigenvalue weighted by Crippen LogP contribution is -2.41. The van der Waals surface area contributed by atoms with E-state index in [1.165, 1.54) is 55.2 Å². The molecule has 1 unspecified atom stereocenters. The highest BCUT2D eigenvalue weighted by Crippen LogP contribution is 2.25. The van der Waals surface area contributed by atoms with Gasteiger partial charge >= 0.3 is 0 Å². The lowest BCUT2D eigenvalue weighted by atomic mass is 9.89. The van der Waals surface area contributed by atoms with Crippen LogP contribution in [0.15, 0.2) is 23.2 Å². The van der Waals surface area contributed by atoms with Gasteiger partial charge in [0.2, 0.25) is 5.91 Å². The number of guanidine groups is 1. The van der Waals surface area contributed by atoms with Crippen molar-refractivity contribution in [2.24, 2.45) is 4.99 Å². The van der Waals surface area contributed by atoms with Gasteiger partial charge < -0.3 is 15.5 Å². The number of benzene rings is 1. The molecule has 1 saturated carbocycles. The van der Waals surface area contributed by atoms with Gasteiger partial charge in [0.15, 0.2) is 5.96 Å². The van der Waals surface area contributed by atoms with E-state index in [2.05, 4.69) is 40.7 Å². The highest BCUT2D eigenvalue weighted by Gasteiger charge is 2.23. The minimum absolute atomic E-state index is 0. The van der Waals surface area contributed by atoms with Crippen LogP contribution < -0.4 is 10.6 Å². The van der Waals surface area contributed by atoms with E-state index in [1.54, 1.807) is 19.0 Å². The molecule has 26 heavy (non-hydrogen) atoms. The van der Waals surface area contributed by atoms with Crippen LogP contribution in [0.2, 0.25) is 0 Å². The highest BCUT2D eigenvalue weighted by molar-refractivity contribution is 14.0. The lowest BCUT2D eigenvalue weighted by molar-refractivity contribution is -0.127. The van der Waals surface area contributed by atoms with Crippen LogP contribution in [0.4, 0.5) is 0 Å². The maximum atomic E-state index is 11.8. The van der Waals surface area contributed by atoms with Crippen LogP contribution in [0.5, 0.6) is 0 Å². The van der Waals surface area contributed by atoms with Gasteiger partial charge in [0.05, 0.1) is 6.04 Å². The molecule has 2 aliphatic carbocycles. The van der Waals surface area contributed by atoms with Gasteiger partial charge in [-0.05, 0) is 62.1 Å². The summed E-state index contributed by atoms with van der Waals surface area (Å²) in [5, 5.41) is 6.89. The molecule has 0 aromatic heterocycles. The summed E-state index contributed by atoms with van der Waals surface area (Å²) in [5.74, 6) is 0.751. The fourth-order valence-corrected chi connectivity index (χ4v) is 3.15. The van der Waals surface area contributed by atoms with Gasteiger partial charge in [0.1, 0.15) is 6.54 Å². The molecule has 0 bridgehead atoms. The number of carbonyl (C=O) groups is 1. The third-order valence-corrected chi connectivity index (χ3v) is 5.02. The molecule has 6 heteroatoms. The van der Waals surface area contributed by atoms with E-state index in [-0.39, 0.29) is 42.5 Å². The van der Waals surface area contributed by atoms with Gasteiger partial charge in [-0.1, -0.05) is 18.2 Å². The fourth-order valence-electron chi connectivity index (χ4n) is 3.15. The molecule has 0 radical (unpaired) electrons. The maximum Gasteiger partial charge on any atom is 0.243 e. The second-order valence-electron chi connectivity index (χ2n) is 7.47. The Morgan fingerprint density at radius 3 is 2.58 bits per heavy atom. The van der Waals surface area contributed by atoms with Gasteiger partial charge in [0.25, 0.3) is 0 Å². The third kappa shape index (κ3) is 5.86. The van der Waals surface area contributed by atoms with Crippen molar-refractivity contribution >= 4 is 35.8 Å². The Hall–Kier alpha value is -1.31. The Labute approximate surface area is 174 Å². The Kier molecular flexibility index (Phi) is 7.73. The number of rotatable bonds is 5. The summed E-state index contributed by atoms with van der Waals surface area (Å²) in [6.07, 6.45) is 7.35. The molecule has 0 spiro atoms. The van der Waals surface area contributed by atoms with E-state index < -0.39 is 0 Å². The molecule has 3 rings (SSSR count). The van der Waals surface area contributed by atoms with Crippen LogP contribution in [0.1, 0.15) is 55.3 Å². The highest BCUT2D eigenvalue weighted by atomic mass is 127. The molecule has 1 fully saturated rings. The van der Waals surface area contributed by atoms with Gasteiger partial charge in [-0.3, -0.25) is 4.79 Å². The Morgan fingerprint density at radius 1 is 1.23 bits per heavy atom. The third-order valence-electron chi connectivity index (χ3n) is 5.02. The molecule has 2 N–H and O–H groups in total. The van der Waals surface area contributed by atoms with Crippen molar-refractivity contribution < 1.29 is 4.79 Å². The number of aliphatic imine (C=N–C) groups is 1. The van der Waals surface area contributed by atoms with Gasteiger partial charge in [-0.15, -0.1) is 24.0 Å². The molecule has 5 nitrogen and oxygen atoms in total. The molecule has 1 aromatic carbocycles. The molecular formula is C20H31IN4O. The van der Waals surface area contributed by atoms with Crippen LogP contribution in [0.25, 0.3) is 0 Å². The first-order valence-corrected chi connectivity index (χ1v) is 9.42. The zero-order valence-electron chi connectivity index (χ0n) is 16.0. The van der Waals surface area contributed by atoms with E-state index in [9.17, 15) is 4.79 Å². The predicted octanol–water partition coefficient (Wildman–Crippen LogP) is 3.03.